The average molecular weight is 466 g/mol. The van der Waals surface area contributed by atoms with Crippen molar-refractivity contribution in [3.63, 3.8) is 0 Å². The number of halogens is 1. The van der Waals surface area contributed by atoms with Gasteiger partial charge in [0.25, 0.3) is 0 Å². The van der Waals surface area contributed by atoms with Crippen molar-refractivity contribution in [2.45, 2.75) is 19.6 Å². The van der Waals surface area contributed by atoms with Gasteiger partial charge in [0.05, 0.1) is 0 Å². The Hall–Kier alpha value is -2.70. The Morgan fingerprint density at radius 3 is 2.34 bits per heavy atom. The molecular formula is C23H20BrN3OS. The first kappa shape index (κ1) is 19.6. The van der Waals surface area contributed by atoms with Crippen molar-refractivity contribution in [1.82, 2.24) is 9.97 Å². The number of pyridine rings is 1. The molecule has 0 bridgehead atoms. The molecule has 0 saturated heterocycles. The van der Waals surface area contributed by atoms with Gasteiger partial charge in [-0.2, -0.15) is 0 Å². The smallest absolute Gasteiger partial charge is 0.183 e. The average Bonchev–Trinajstić information content (AvgIpc) is 3.21. The van der Waals surface area contributed by atoms with Gasteiger partial charge in [-0.25, -0.2) is 4.98 Å². The molecule has 0 amide bonds. The molecule has 0 radical (unpaired) electrons. The van der Waals surface area contributed by atoms with Gasteiger partial charge < -0.3 is 10.1 Å². The first-order valence-corrected chi connectivity index (χ1v) is 10.9. The van der Waals surface area contributed by atoms with E-state index in [2.05, 4.69) is 67.6 Å². The SMILES string of the molecule is Brc1ccc(Cc2cnc(NCc3ccc(OCc4ccncc4)cc3)s2)cc1. The molecule has 146 valence electrons. The van der Waals surface area contributed by atoms with Gasteiger partial charge in [0, 0.05) is 40.9 Å². The van der Waals surface area contributed by atoms with Crippen LogP contribution in [0, 0.1) is 0 Å². The highest BCUT2D eigenvalue weighted by Gasteiger charge is 2.04. The lowest BCUT2D eigenvalue weighted by molar-refractivity contribution is 0.306. The van der Waals surface area contributed by atoms with Crippen LogP contribution in [0.2, 0.25) is 0 Å². The Balaban J connectivity index is 1.27. The second-order valence-corrected chi connectivity index (χ2v) is 8.61. The molecule has 4 nitrogen and oxygen atoms in total. The van der Waals surface area contributed by atoms with E-state index in [1.54, 1.807) is 23.7 Å². The molecule has 0 fully saturated rings. The summed E-state index contributed by atoms with van der Waals surface area (Å²) < 4.78 is 6.91. The zero-order valence-corrected chi connectivity index (χ0v) is 18.1. The van der Waals surface area contributed by atoms with E-state index >= 15 is 0 Å². The molecule has 0 aliphatic heterocycles. The summed E-state index contributed by atoms with van der Waals surface area (Å²) in [6.45, 7) is 1.27. The van der Waals surface area contributed by atoms with Crippen molar-refractivity contribution in [1.29, 1.82) is 0 Å². The number of nitrogens with one attached hydrogen (secondary N) is 1. The number of benzene rings is 2. The second kappa shape index (κ2) is 9.67. The van der Waals surface area contributed by atoms with Crippen LogP contribution in [0.5, 0.6) is 5.75 Å². The third-order valence-corrected chi connectivity index (χ3v) is 5.85. The molecule has 0 aliphatic rings. The van der Waals surface area contributed by atoms with Crippen molar-refractivity contribution >= 4 is 32.4 Å². The van der Waals surface area contributed by atoms with Crippen LogP contribution in [0.25, 0.3) is 0 Å². The van der Waals surface area contributed by atoms with Crippen molar-refractivity contribution in [2.75, 3.05) is 5.32 Å². The van der Waals surface area contributed by atoms with E-state index in [-0.39, 0.29) is 0 Å². The van der Waals surface area contributed by atoms with E-state index in [4.69, 9.17) is 4.74 Å². The van der Waals surface area contributed by atoms with Gasteiger partial charge in [0.2, 0.25) is 0 Å². The van der Waals surface area contributed by atoms with E-state index in [1.165, 1.54) is 16.0 Å². The molecule has 4 rings (SSSR count). The molecule has 2 heterocycles. The molecule has 1 N–H and O–H groups in total. The highest BCUT2D eigenvalue weighted by atomic mass is 79.9. The third kappa shape index (κ3) is 5.89. The highest BCUT2D eigenvalue weighted by molar-refractivity contribution is 9.10. The molecule has 2 aromatic carbocycles. The molecule has 29 heavy (non-hydrogen) atoms. The van der Waals surface area contributed by atoms with Gasteiger partial charge in [-0.05, 0) is 53.1 Å². The molecule has 6 heteroatoms. The fourth-order valence-electron chi connectivity index (χ4n) is 2.80. The maximum absolute atomic E-state index is 5.82. The predicted molar refractivity (Wildman–Crippen MR) is 121 cm³/mol. The topological polar surface area (TPSA) is 47.0 Å². The number of ether oxygens (including phenoxy) is 1. The van der Waals surface area contributed by atoms with E-state index in [0.29, 0.717) is 6.61 Å². The zero-order chi connectivity index (χ0) is 19.9. The monoisotopic (exact) mass is 465 g/mol. The lowest BCUT2D eigenvalue weighted by atomic mass is 10.1. The Bertz CT molecular complexity index is 1030. The number of hydrogen-bond acceptors (Lipinski definition) is 5. The number of thiazole rings is 1. The fraction of sp³-hybridized carbons (Fsp3) is 0.130. The van der Waals surface area contributed by atoms with E-state index in [1.807, 2.05) is 30.5 Å². The van der Waals surface area contributed by atoms with Crippen molar-refractivity contribution in [2.24, 2.45) is 0 Å². The van der Waals surface area contributed by atoms with Crippen LogP contribution in [0.4, 0.5) is 5.13 Å². The quantitative estimate of drug-likeness (QED) is 0.342. The minimum absolute atomic E-state index is 0.542. The van der Waals surface area contributed by atoms with Gasteiger partial charge in [-0.3, -0.25) is 4.98 Å². The Labute approximate surface area is 182 Å². The number of rotatable bonds is 8. The van der Waals surface area contributed by atoms with Crippen molar-refractivity contribution in [3.8, 4) is 5.75 Å². The second-order valence-electron chi connectivity index (χ2n) is 6.58. The summed E-state index contributed by atoms with van der Waals surface area (Å²) in [5, 5.41) is 4.35. The molecule has 2 aromatic heterocycles. The van der Waals surface area contributed by atoms with Gasteiger partial charge >= 0.3 is 0 Å². The number of anilines is 1. The minimum atomic E-state index is 0.542. The third-order valence-electron chi connectivity index (χ3n) is 4.37. The van der Waals surface area contributed by atoms with Crippen LogP contribution in [-0.4, -0.2) is 9.97 Å². The lowest BCUT2D eigenvalue weighted by Crippen LogP contribution is -1.99. The summed E-state index contributed by atoms with van der Waals surface area (Å²) in [4.78, 5) is 9.75. The van der Waals surface area contributed by atoms with Crippen LogP contribution in [0.3, 0.4) is 0 Å². The molecule has 0 atom stereocenters. The largest absolute Gasteiger partial charge is 0.489 e. The van der Waals surface area contributed by atoms with Crippen molar-refractivity contribution < 1.29 is 4.74 Å². The first-order chi connectivity index (χ1) is 14.2. The summed E-state index contributed by atoms with van der Waals surface area (Å²) in [6.07, 6.45) is 6.40. The lowest BCUT2D eigenvalue weighted by Gasteiger charge is -2.08. The number of aromatic nitrogens is 2. The Kier molecular flexibility index (Phi) is 6.54. The summed E-state index contributed by atoms with van der Waals surface area (Å²) in [5.74, 6) is 0.858. The van der Waals surface area contributed by atoms with E-state index < -0.39 is 0 Å². The molecule has 0 aliphatic carbocycles. The number of nitrogens with zero attached hydrogens (tertiary/aromatic N) is 2. The summed E-state index contributed by atoms with van der Waals surface area (Å²) in [5.41, 5.74) is 3.57. The minimum Gasteiger partial charge on any atom is -0.489 e. The van der Waals surface area contributed by atoms with Crippen molar-refractivity contribution in [3.05, 3.63) is 105 Å². The number of hydrogen-bond donors (Lipinski definition) is 1. The van der Waals surface area contributed by atoms with Crippen LogP contribution in [0.1, 0.15) is 21.6 Å². The molecule has 4 aromatic rings. The zero-order valence-electron chi connectivity index (χ0n) is 15.7. The van der Waals surface area contributed by atoms with Gasteiger partial charge in [0.15, 0.2) is 5.13 Å². The normalized spacial score (nSPS) is 10.7. The van der Waals surface area contributed by atoms with E-state index in [9.17, 15) is 0 Å². The molecule has 0 unspecified atom stereocenters. The van der Waals surface area contributed by atoms with Gasteiger partial charge in [-0.1, -0.05) is 40.2 Å². The summed E-state index contributed by atoms with van der Waals surface area (Å²) in [7, 11) is 0. The maximum atomic E-state index is 5.82. The highest BCUT2D eigenvalue weighted by Crippen LogP contribution is 2.23. The van der Waals surface area contributed by atoms with Crippen LogP contribution >= 0.6 is 27.3 Å². The standard InChI is InChI=1S/C23H20BrN3OS/c24-20-5-1-17(2-6-20)13-22-15-27-23(29-22)26-14-18-3-7-21(8-4-18)28-16-19-9-11-25-12-10-19/h1-12,15H,13-14,16H2,(H,26,27). The Morgan fingerprint density at radius 1 is 0.862 bits per heavy atom. The van der Waals surface area contributed by atoms with Crippen LogP contribution < -0.4 is 10.1 Å². The predicted octanol–water partition coefficient (Wildman–Crippen LogP) is 6.08. The molecule has 0 saturated carbocycles. The van der Waals surface area contributed by atoms with Gasteiger partial charge in [0.1, 0.15) is 12.4 Å². The van der Waals surface area contributed by atoms with Crippen LogP contribution in [-0.2, 0) is 19.6 Å². The fourth-order valence-corrected chi connectivity index (χ4v) is 3.91. The van der Waals surface area contributed by atoms with E-state index in [0.717, 1.165) is 33.9 Å². The summed E-state index contributed by atoms with van der Waals surface area (Å²) >= 11 is 5.17. The molecular weight excluding hydrogens is 446 g/mol. The first-order valence-electron chi connectivity index (χ1n) is 9.28. The molecule has 0 spiro atoms. The maximum Gasteiger partial charge on any atom is 0.183 e. The summed E-state index contributed by atoms with van der Waals surface area (Å²) in [6, 6.07) is 20.5. The van der Waals surface area contributed by atoms with Crippen LogP contribution in [0.15, 0.2) is 83.7 Å². The van der Waals surface area contributed by atoms with Gasteiger partial charge in [-0.15, -0.1) is 11.3 Å². The Morgan fingerprint density at radius 2 is 1.59 bits per heavy atom.